The second-order valence-electron chi connectivity index (χ2n) is 2.01. The van der Waals surface area contributed by atoms with E-state index in [1.807, 2.05) is 13.0 Å². The molecular weight excluding hydrogens is 156 g/mol. The van der Waals surface area contributed by atoms with Crippen LogP contribution in [0.25, 0.3) is 0 Å². The maximum atomic E-state index is 10.3. The van der Waals surface area contributed by atoms with E-state index in [1.54, 1.807) is 19.1 Å². The molecule has 0 aromatic rings. The molecule has 0 heterocycles. The first-order valence-corrected chi connectivity index (χ1v) is 3.79. The molecule has 1 atom stereocenters. The Balaban J connectivity index is 3.59. The molecule has 0 amide bonds. The highest BCUT2D eigenvalue weighted by molar-refractivity contribution is 5.53. The van der Waals surface area contributed by atoms with Crippen molar-refractivity contribution in [3.63, 3.8) is 0 Å². The molecule has 0 saturated heterocycles. The van der Waals surface area contributed by atoms with Gasteiger partial charge in [0.25, 0.3) is 6.29 Å². The van der Waals surface area contributed by atoms with E-state index in [9.17, 15) is 4.79 Å². The Bertz CT molecular complexity index is 161. The maximum Gasteiger partial charge on any atom is 0.256 e. The van der Waals surface area contributed by atoms with E-state index in [0.29, 0.717) is 12.9 Å². The number of allylic oxidation sites excluding steroid dienone is 2. The molecule has 0 saturated carbocycles. The number of ether oxygens (including phenoxy) is 2. The van der Waals surface area contributed by atoms with Gasteiger partial charge in [0.1, 0.15) is 0 Å². The van der Waals surface area contributed by atoms with Gasteiger partial charge in [0.2, 0.25) is 0 Å². The normalized spacial score (nSPS) is 13.8. The largest absolute Gasteiger partial charge is 0.466 e. The van der Waals surface area contributed by atoms with Gasteiger partial charge >= 0.3 is 0 Å². The molecule has 0 spiro atoms. The summed E-state index contributed by atoms with van der Waals surface area (Å²) in [4.78, 5) is 10.3. The molecule has 0 aliphatic rings. The van der Waals surface area contributed by atoms with Gasteiger partial charge in [-0.25, -0.2) is 0 Å². The Kier molecular flexibility index (Phi) is 7.28. The van der Waals surface area contributed by atoms with Crippen LogP contribution >= 0.6 is 0 Å². The number of carbonyl (C=O) groups is 1. The van der Waals surface area contributed by atoms with Crippen molar-refractivity contribution in [2.45, 2.75) is 20.1 Å². The van der Waals surface area contributed by atoms with Crippen molar-refractivity contribution in [3.8, 4) is 0 Å². The van der Waals surface area contributed by atoms with Crippen LogP contribution in [0.5, 0.6) is 0 Å². The van der Waals surface area contributed by atoms with E-state index in [0.717, 1.165) is 0 Å². The molecule has 0 fully saturated rings. The average molecular weight is 170 g/mol. The summed E-state index contributed by atoms with van der Waals surface area (Å²) in [6, 6.07) is 0. The number of carbonyl (C=O) groups excluding carboxylic acids is 1. The lowest BCUT2D eigenvalue weighted by Gasteiger charge is -2.08. The van der Waals surface area contributed by atoms with Crippen LogP contribution in [0.2, 0.25) is 0 Å². The standard InChI is InChI=1S/C9H14O3/c1-3-5-7-12-9(8-10)11-6-4-2/h3-6,8-9H,7H2,1-2H3. The Morgan fingerprint density at radius 1 is 1.33 bits per heavy atom. The fourth-order valence-electron chi connectivity index (χ4n) is 0.513. The van der Waals surface area contributed by atoms with Crippen LogP contribution in [0.3, 0.4) is 0 Å². The fourth-order valence-corrected chi connectivity index (χ4v) is 0.513. The number of aldehydes is 1. The van der Waals surface area contributed by atoms with Crippen molar-refractivity contribution in [2.24, 2.45) is 0 Å². The predicted molar refractivity (Wildman–Crippen MR) is 46.5 cm³/mol. The van der Waals surface area contributed by atoms with Crippen molar-refractivity contribution in [1.82, 2.24) is 0 Å². The van der Waals surface area contributed by atoms with E-state index in [1.165, 1.54) is 6.26 Å². The third kappa shape index (κ3) is 5.68. The molecule has 0 aliphatic heterocycles. The molecule has 0 aromatic heterocycles. The summed E-state index contributed by atoms with van der Waals surface area (Å²) in [5.74, 6) is 0. The van der Waals surface area contributed by atoms with Gasteiger partial charge in [-0.3, -0.25) is 4.79 Å². The number of rotatable bonds is 6. The monoisotopic (exact) mass is 170 g/mol. The average Bonchev–Trinajstić information content (AvgIpc) is 2.11. The zero-order valence-corrected chi connectivity index (χ0v) is 7.40. The van der Waals surface area contributed by atoms with Gasteiger partial charge in [0, 0.05) is 0 Å². The first-order valence-electron chi connectivity index (χ1n) is 3.79. The van der Waals surface area contributed by atoms with Crippen LogP contribution < -0.4 is 0 Å². The Hall–Kier alpha value is -1.09. The van der Waals surface area contributed by atoms with Crippen LogP contribution in [-0.2, 0) is 14.3 Å². The maximum absolute atomic E-state index is 10.3. The number of hydrogen-bond donors (Lipinski definition) is 0. The molecule has 3 nitrogen and oxygen atoms in total. The molecule has 0 aliphatic carbocycles. The van der Waals surface area contributed by atoms with E-state index < -0.39 is 6.29 Å². The van der Waals surface area contributed by atoms with Crippen LogP contribution in [0.1, 0.15) is 13.8 Å². The summed E-state index contributed by atoms with van der Waals surface area (Å²) < 4.78 is 9.89. The molecule has 0 aromatic carbocycles. The van der Waals surface area contributed by atoms with Gasteiger partial charge in [-0.05, 0) is 13.8 Å². The highest BCUT2D eigenvalue weighted by atomic mass is 16.7. The van der Waals surface area contributed by atoms with Crippen molar-refractivity contribution >= 4 is 6.29 Å². The Morgan fingerprint density at radius 2 is 2.08 bits per heavy atom. The fraction of sp³-hybridized carbons (Fsp3) is 0.444. The zero-order valence-electron chi connectivity index (χ0n) is 7.40. The van der Waals surface area contributed by atoms with Gasteiger partial charge in [0.05, 0.1) is 12.9 Å². The quantitative estimate of drug-likeness (QED) is 0.263. The first-order chi connectivity index (χ1) is 5.85. The van der Waals surface area contributed by atoms with E-state index in [2.05, 4.69) is 0 Å². The van der Waals surface area contributed by atoms with Crippen molar-refractivity contribution in [3.05, 3.63) is 24.5 Å². The van der Waals surface area contributed by atoms with E-state index >= 15 is 0 Å². The van der Waals surface area contributed by atoms with Crippen molar-refractivity contribution in [2.75, 3.05) is 6.61 Å². The summed E-state index contributed by atoms with van der Waals surface area (Å²) >= 11 is 0. The summed E-state index contributed by atoms with van der Waals surface area (Å²) in [6.07, 6.45) is 6.58. The van der Waals surface area contributed by atoms with E-state index in [4.69, 9.17) is 9.47 Å². The summed E-state index contributed by atoms with van der Waals surface area (Å²) in [5.41, 5.74) is 0. The molecule has 12 heavy (non-hydrogen) atoms. The van der Waals surface area contributed by atoms with Gasteiger partial charge in [-0.1, -0.05) is 18.2 Å². The zero-order chi connectivity index (χ0) is 9.23. The minimum absolute atomic E-state index is 0.386. The molecular formula is C9H14O3. The van der Waals surface area contributed by atoms with Crippen molar-refractivity contribution < 1.29 is 14.3 Å². The van der Waals surface area contributed by atoms with Gasteiger partial charge in [0.15, 0.2) is 6.29 Å². The second kappa shape index (κ2) is 8.01. The van der Waals surface area contributed by atoms with Crippen LogP contribution in [0.15, 0.2) is 24.5 Å². The van der Waals surface area contributed by atoms with E-state index in [-0.39, 0.29) is 0 Å². The Morgan fingerprint density at radius 3 is 2.58 bits per heavy atom. The SMILES string of the molecule is CC=CCOC(C=O)OC=CC. The first kappa shape index (κ1) is 10.9. The number of hydrogen-bond acceptors (Lipinski definition) is 3. The Labute approximate surface area is 72.7 Å². The van der Waals surface area contributed by atoms with Crippen LogP contribution in [0.4, 0.5) is 0 Å². The van der Waals surface area contributed by atoms with Crippen LogP contribution in [-0.4, -0.2) is 19.2 Å². The lowest BCUT2D eigenvalue weighted by atomic mass is 10.5. The third-order valence-corrected chi connectivity index (χ3v) is 1.05. The summed E-state index contributed by atoms with van der Waals surface area (Å²) in [6.45, 7) is 4.07. The molecule has 0 bridgehead atoms. The van der Waals surface area contributed by atoms with Crippen molar-refractivity contribution in [1.29, 1.82) is 0 Å². The molecule has 1 unspecified atom stereocenters. The molecule has 0 rings (SSSR count). The topological polar surface area (TPSA) is 35.5 Å². The molecule has 0 N–H and O–H groups in total. The van der Waals surface area contributed by atoms with Crippen LogP contribution in [0, 0.1) is 0 Å². The van der Waals surface area contributed by atoms with Gasteiger partial charge in [-0.2, -0.15) is 0 Å². The molecule has 3 heteroatoms. The molecule has 68 valence electrons. The summed E-state index contributed by atoms with van der Waals surface area (Å²) in [5, 5.41) is 0. The second-order valence-corrected chi connectivity index (χ2v) is 2.01. The predicted octanol–water partition coefficient (Wildman–Crippen LogP) is 1.65. The smallest absolute Gasteiger partial charge is 0.256 e. The molecule has 0 radical (unpaired) electrons. The minimum atomic E-state index is -0.794. The van der Waals surface area contributed by atoms with Gasteiger partial charge < -0.3 is 9.47 Å². The minimum Gasteiger partial charge on any atom is -0.466 e. The lowest BCUT2D eigenvalue weighted by Crippen LogP contribution is -2.16. The third-order valence-electron chi connectivity index (χ3n) is 1.05. The summed E-state index contributed by atoms with van der Waals surface area (Å²) in [7, 11) is 0. The highest BCUT2D eigenvalue weighted by Crippen LogP contribution is 1.92. The highest BCUT2D eigenvalue weighted by Gasteiger charge is 2.03. The lowest BCUT2D eigenvalue weighted by molar-refractivity contribution is -0.141. The van der Waals surface area contributed by atoms with Gasteiger partial charge in [-0.15, -0.1) is 0 Å².